The molecule has 0 aliphatic heterocycles. The molecule has 3 rings (SSSR count). The van der Waals surface area contributed by atoms with Crippen molar-refractivity contribution < 1.29 is 14.5 Å². The average molecular weight is 339 g/mol. The fourth-order valence-corrected chi connectivity index (χ4v) is 2.40. The van der Waals surface area contributed by atoms with E-state index in [0.717, 1.165) is 18.4 Å². The Morgan fingerprint density at radius 1 is 1.08 bits per heavy atom. The van der Waals surface area contributed by atoms with Gasteiger partial charge >= 0.3 is 0 Å². The SMILES string of the molecule is O=C(NCc1ccc(NC(=O)C2CC2)cc1)c1ccccc1[N+](=O)[O-]. The molecule has 1 fully saturated rings. The Morgan fingerprint density at radius 3 is 2.40 bits per heavy atom. The Hall–Kier alpha value is -3.22. The molecule has 2 amide bonds. The lowest BCUT2D eigenvalue weighted by molar-refractivity contribution is -0.385. The highest BCUT2D eigenvalue weighted by molar-refractivity contribution is 5.98. The number of amides is 2. The van der Waals surface area contributed by atoms with Crippen molar-refractivity contribution in [2.24, 2.45) is 5.92 Å². The average Bonchev–Trinajstić information content (AvgIpc) is 3.46. The molecule has 0 bridgehead atoms. The Bertz CT molecular complexity index is 813. The molecule has 7 nitrogen and oxygen atoms in total. The van der Waals surface area contributed by atoms with Gasteiger partial charge in [0.1, 0.15) is 5.56 Å². The zero-order chi connectivity index (χ0) is 17.8. The topological polar surface area (TPSA) is 101 Å². The van der Waals surface area contributed by atoms with E-state index in [-0.39, 0.29) is 29.6 Å². The van der Waals surface area contributed by atoms with Crippen molar-refractivity contribution in [2.75, 3.05) is 5.32 Å². The van der Waals surface area contributed by atoms with Gasteiger partial charge in [0.2, 0.25) is 5.91 Å². The predicted octanol–water partition coefficient (Wildman–Crippen LogP) is 2.87. The summed E-state index contributed by atoms with van der Waals surface area (Å²) in [5.41, 5.74) is 1.35. The number of hydrogen-bond donors (Lipinski definition) is 2. The normalized spacial score (nSPS) is 13.1. The first kappa shape index (κ1) is 16.6. The molecule has 0 radical (unpaired) electrons. The van der Waals surface area contributed by atoms with Crippen LogP contribution in [0.1, 0.15) is 28.8 Å². The van der Waals surface area contributed by atoms with Gasteiger partial charge in [-0.2, -0.15) is 0 Å². The maximum Gasteiger partial charge on any atom is 0.282 e. The molecule has 0 unspecified atom stereocenters. The predicted molar refractivity (Wildman–Crippen MR) is 92.1 cm³/mol. The second kappa shape index (κ2) is 7.12. The van der Waals surface area contributed by atoms with E-state index >= 15 is 0 Å². The number of hydrogen-bond acceptors (Lipinski definition) is 4. The van der Waals surface area contributed by atoms with E-state index in [1.54, 1.807) is 30.3 Å². The van der Waals surface area contributed by atoms with Crippen molar-refractivity contribution in [3.05, 3.63) is 69.8 Å². The van der Waals surface area contributed by atoms with E-state index in [9.17, 15) is 19.7 Å². The Labute approximate surface area is 144 Å². The zero-order valence-corrected chi connectivity index (χ0v) is 13.4. The highest BCUT2D eigenvalue weighted by Crippen LogP contribution is 2.30. The first-order valence-corrected chi connectivity index (χ1v) is 7.96. The molecule has 0 saturated heterocycles. The summed E-state index contributed by atoms with van der Waals surface area (Å²) in [6.45, 7) is 0.238. The number of rotatable bonds is 6. The fraction of sp³-hybridized carbons (Fsp3) is 0.222. The smallest absolute Gasteiger partial charge is 0.282 e. The summed E-state index contributed by atoms with van der Waals surface area (Å²) in [5.74, 6) is -0.323. The van der Waals surface area contributed by atoms with E-state index in [1.807, 2.05) is 0 Å². The third kappa shape index (κ3) is 4.20. The van der Waals surface area contributed by atoms with Crippen molar-refractivity contribution in [1.82, 2.24) is 5.32 Å². The van der Waals surface area contributed by atoms with Crippen molar-refractivity contribution in [3.8, 4) is 0 Å². The van der Waals surface area contributed by atoms with Crippen molar-refractivity contribution in [1.29, 1.82) is 0 Å². The summed E-state index contributed by atoms with van der Waals surface area (Å²) in [7, 11) is 0. The minimum absolute atomic E-state index is 0.0285. The molecule has 25 heavy (non-hydrogen) atoms. The monoisotopic (exact) mass is 339 g/mol. The van der Waals surface area contributed by atoms with Crippen LogP contribution in [0.3, 0.4) is 0 Å². The summed E-state index contributed by atoms with van der Waals surface area (Å²) < 4.78 is 0. The molecule has 0 aromatic heterocycles. The number of benzene rings is 2. The maximum atomic E-state index is 12.2. The number of nitro benzene ring substituents is 1. The van der Waals surface area contributed by atoms with Crippen LogP contribution in [0.4, 0.5) is 11.4 Å². The Morgan fingerprint density at radius 2 is 1.76 bits per heavy atom. The van der Waals surface area contributed by atoms with Crippen molar-refractivity contribution in [2.45, 2.75) is 19.4 Å². The van der Waals surface area contributed by atoms with Gasteiger partial charge in [0.25, 0.3) is 11.6 Å². The van der Waals surface area contributed by atoms with Gasteiger partial charge in [-0.05, 0) is 36.6 Å². The van der Waals surface area contributed by atoms with Crippen LogP contribution in [0.25, 0.3) is 0 Å². The quantitative estimate of drug-likeness (QED) is 0.624. The van der Waals surface area contributed by atoms with Gasteiger partial charge in [0, 0.05) is 24.2 Å². The van der Waals surface area contributed by atoms with Crippen LogP contribution in [0.15, 0.2) is 48.5 Å². The Kier molecular flexibility index (Phi) is 4.74. The van der Waals surface area contributed by atoms with Gasteiger partial charge < -0.3 is 10.6 Å². The van der Waals surface area contributed by atoms with Crippen LogP contribution in [0.2, 0.25) is 0 Å². The van der Waals surface area contributed by atoms with E-state index < -0.39 is 10.8 Å². The van der Waals surface area contributed by atoms with Crippen LogP contribution in [0, 0.1) is 16.0 Å². The standard InChI is InChI=1S/C18H17N3O4/c22-17(13-7-8-13)20-14-9-5-12(6-10-14)11-19-18(23)15-3-1-2-4-16(15)21(24)25/h1-6,9-10,13H,7-8,11H2,(H,19,23)(H,20,22). The molecule has 1 aliphatic rings. The van der Waals surface area contributed by atoms with E-state index in [0.29, 0.717) is 5.69 Å². The summed E-state index contributed by atoms with van der Waals surface area (Å²) >= 11 is 0. The Balaban J connectivity index is 1.59. The molecule has 2 aromatic carbocycles. The van der Waals surface area contributed by atoms with E-state index in [4.69, 9.17) is 0 Å². The first-order valence-electron chi connectivity index (χ1n) is 7.96. The molecule has 7 heteroatoms. The van der Waals surface area contributed by atoms with Gasteiger partial charge in [-0.3, -0.25) is 19.7 Å². The van der Waals surface area contributed by atoms with Crippen LogP contribution in [0.5, 0.6) is 0 Å². The largest absolute Gasteiger partial charge is 0.348 e. The van der Waals surface area contributed by atoms with Gasteiger partial charge in [-0.25, -0.2) is 0 Å². The number of nitro groups is 1. The number of para-hydroxylation sites is 1. The van der Waals surface area contributed by atoms with Crippen LogP contribution >= 0.6 is 0 Å². The van der Waals surface area contributed by atoms with Gasteiger partial charge in [-0.15, -0.1) is 0 Å². The summed E-state index contributed by atoms with van der Waals surface area (Å²) in [5, 5.41) is 16.5. The molecule has 1 aliphatic carbocycles. The van der Waals surface area contributed by atoms with E-state index in [2.05, 4.69) is 10.6 Å². The summed E-state index contributed by atoms with van der Waals surface area (Å²) in [6, 6.07) is 12.9. The molecule has 0 spiro atoms. The van der Waals surface area contributed by atoms with Crippen molar-refractivity contribution in [3.63, 3.8) is 0 Å². The van der Waals surface area contributed by atoms with Crippen LogP contribution < -0.4 is 10.6 Å². The minimum atomic E-state index is -0.577. The van der Waals surface area contributed by atoms with Crippen LogP contribution in [-0.2, 0) is 11.3 Å². The number of carbonyl (C=O) groups is 2. The number of carbonyl (C=O) groups excluding carboxylic acids is 2. The molecule has 2 aromatic rings. The lowest BCUT2D eigenvalue weighted by atomic mass is 10.1. The van der Waals surface area contributed by atoms with Gasteiger partial charge in [-0.1, -0.05) is 24.3 Å². The minimum Gasteiger partial charge on any atom is -0.348 e. The molecule has 0 atom stereocenters. The third-order valence-electron chi connectivity index (χ3n) is 3.97. The van der Waals surface area contributed by atoms with Gasteiger partial charge in [0.05, 0.1) is 4.92 Å². The second-order valence-corrected chi connectivity index (χ2v) is 5.92. The number of nitrogens with one attached hydrogen (secondary N) is 2. The molecule has 128 valence electrons. The molecule has 0 heterocycles. The first-order chi connectivity index (χ1) is 12.0. The molecular weight excluding hydrogens is 322 g/mol. The summed E-state index contributed by atoms with van der Waals surface area (Å²) in [4.78, 5) is 34.3. The molecular formula is C18H17N3O4. The maximum absolute atomic E-state index is 12.2. The van der Waals surface area contributed by atoms with Crippen LogP contribution in [-0.4, -0.2) is 16.7 Å². The zero-order valence-electron chi connectivity index (χ0n) is 13.4. The highest BCUT2D eigenvalue weighted by Gasteiger charge is 2.29. The fourth-order valence-electron chi connectivity index (χ4n) is 2.40. The van der Waals surface area contributed by atoms with Crippen molar-refractivity contribution >= 4 is 23.2 Å². The number of nitrogens with zero attached hydrogens (tertiary/aromatic N) is 1. The highest BCUT2D eigenvalue weighted by atomic mass is 16.6. The van der Waals surface area contributed by atoms with E-state index in [1.165, 1.54) is 18.2 Å². The summed E-state index contributed by atoms with van der Waals surface area (Å²) in [6.07, 6.45) is 1.89. The van der Waals surface area contributed by atoms with Gasteiger partial charge in [0.15, 0.2) is 0 Å². The third-order valence-corrected chi connectivity index (χ3v) is 3.97. The lowest BCUT2D eigenvalue weighted by Gasteiger charge is -2.08. The number of anilines is 1. The lowest BCUT2D eigenvalue weighted by Crippen LogP contribution is -2.23. The molecule has 1 saturated carbocycles. The molecule has 2 N–H and O–H groups in total. The second-order valence-electron chi connectivity index (χ2n) is 5.92.